The van der Waals surface area contributed by atoms with Crippen molar-refractivity contribution in [2.75, 3.05) is 30.0 Å². The van der Waals surface area contributed by atoms with Crippen LogP contribution in [0.15, 0.2) is 10.9 Å². The van der Waals surface area contributed by atoms with Crippen LogP contribution in [0.2, 0.25) is 0 Å². The molecule has 0 aromatic carbocycles. The van der Waals surface area contributed by atoms with Crippen LogP contribution in [0.3, 0.4) is 0 Å². The first kappa shape index (κ1) is 29.0. The van der Waals surface area contributed by atoms with Crippen LogP contribution in [0.1, 0.15) is 66.7 Å². The number of aryl methyl sites for hydroxylation is 2. The van der Waals surface area contributed by atoms with Gasteiger partial charge in [0.05, 0.1) is 18.8 Å². The van der Waals surface area contributed by atoms with E-state index in [0.29, 0.717) is 30.7 Å². The lowest BCUT2D eigenvalue weighted by molar-refractivity contribution is -0.153. The standard InChI is InChI=1S/C26H34N4O7S/c1-7-36-22(33)18-11-14(3)17(38-18)10-9-15-12-16-19(30(13-15)21(32)23(34)37-8-2)27-25(28-20(16)31)29-24(35)26(4,5)6/h11,15H,7-10,12-13H2,1-6H3,(H2,27,28,29,31,35). The van der Waals surface area contributed by atoms with E-state index in [0.717, 1.165) is 15.3 Å². The van der Waals surface area contributed by atoms with Crippen LogP contribution < -0.4 is 15.8 Å². The highest BCUT2D eigenvalue weighted by atomic mass is 32.1. The minimum Gasteiger partial charge on any atom is -0.462 e. The molecule has 0 fully saturated rings. The molecule has 11 nitrogen and oxygen atoms in total. The van der Waals surface area contributed by atoms with Crippen molar-refractivity contribution in [3.05, 3.63) is 37.3 Å². The molecule has 0 bridgehead atoms. The predicted octanol–water partition coefficient (Wildman–Crippen LogP) is 3.00. The molecule has 3 rings (SSSR count). The molecule has 0 aliphatic carbocycles. The zero-order chi connectivity index (χ0) is 28.2. The third-order valence-corrected chi connectivity index (χ3v) is 7.34. The number of anilines is 2. The average molecular weight is 547 g/mol. The van der Waals surface area contributed by atoms with Crippen molar-refractivity contribution in [1.82, 2.24) is 9.97 Å². The van der Waals surface area contributed by atoms with Crippen LogP contribution in [0.25, 0.3) is 0 Å². The fourth-order valence-corrected chi connectivity index (χ4v) is 5.11. The molecule has 3 heterocycles. The normalized spacial score (nSPS) is 15.0. The molecule has 1 unspecified atom stereocenters. The van der Waals surface area contributed by atoms with Crippen molar-refractivity contribution in [1.29, 1.82) is 0 Å². The number of aromatic amines is 1. The van der Waals surface area contributed by atoms with Crippen LogP contribution in [0.5, 0.6) is 0 Å². The summed E-state index contributed by atoms with van der Waals surface area (Å²) in [5.74, 6) is -2.94. The minimum atomic E-state index is -1.05. The van der Waals surface area contributed by atoms with Gasteiger partial charge in [-0.2, -0.15) is 4.98 Å². The molecule has 206 valence electrons. The van der Waals surface area contributed by atoms with Gasteiger partial charge in [0.25, 0.3) is 5.56 Å². The van der Waals surface area contributed by atoms with Gasteiger partial charge in [-0.3, -0.25) is 29.6 Å². The molecule has 0 saturated carbocycles. The largest absolute Gasteiger partial charge is 0.462 e. The molecule has 12 heteroatoms. The van der Waals surface area contributed by atoms with Crippen molar-refractivity contribution in [3.63, 3.8) is 0 Å². The number of aromatic nitrogens is 2. The number of rotatable bonds is 7. The fraction of sp³-hybridized carbons (Fsp3) is 0.538. The Labute approximate surface area is 224 Å². The first-order valence-corrected chi connectivity index (χ1v) is 13.4. The summed E-state index contributed by atoms with van der Waals surface area (Å²) >= 11 is 1.36. The number of nitrogens with one attached hydrogen (secondary N) is 2. The van der Waals surface area contributed by atoms with Crippen LogP contribution >= 0.6 is 11.3 Å². The predicted molar refractivity (Wildman–Crippen MR) is 142 cm³/mol. The van der Waals surface area contributed by atoms with Gasteiger partial charge >= 0.3 is 17.8 Å². The second kappa shape index (κ2) is 11.9. The average Bonchev–Trinajstić information content (AvgIpc) is 3.22. The molecule has 0 spiro atoms. The molecular formula is C26H34N4O7S. The highest BCUT2D eigenvalue weighted by molar-refractivity contribution is 7.14. The van der Waals surface area contributed by atoms with E-state index in [4.69, 9.17) is 9.47 Å². The van der Waals surface area contributed by atoms with Crippen molar-refractivity contribution in [2.24, 2.45) is 11.3 Å². The maximum Gasteiger partial charge on any atom is 0.397 e. The monoisotopic (exact) mass is 546 g/mol. The zero-order valence-corrected chi connectivity index (χ0v) is 23.4. The van der Waals surface area contributed by atoms with E-state index in [1.165, 1.54) is 11.3 Å². The summed E-state index contributed by atoms with van der Waals surface area (Å²) in [4.78, 5) is 72.6. The maximum atomic E-state index is 13.0. The van der Waals surface area contributed by atoms with Gasteiger partial charge in [-0.1, -0.05) is 20.8 Å². The second-order valence-electron chi connectivity index (χ2n) is 10.1. The summed E-state index contributed by atoms with van der Waals surface area (Å²) in [6.45, 7) is 10.9. The van der Waals surface area contributed by atoms with Crippen molar-refractivity contribution >= 4 is 46.9 Å². The van der Waals surface area contributed by atoms with Gasteiger partial charge in [-0.15, -0.1) is 11.3 Å². The van der Waals surface area contributed by atoms with Crippen molar-refractivity contribution < 1.29 is 28.7 Å². The molecule has 2 aromatic rings. The molecule has 0 radical (unpaired) electrons. The Bertz CT molecular complexity index is 1290. The first-order chi connectivity index (χ1) is 17.8. The lowest BCUT2D eigenvalue weighted by Gasteiger charge is -2.32. The fourth-order valence-electron chi connectivity index (χ4n) is 4.03. The van der Waals surface area contributed by atoms with E-state index < -0.39 is 22.9 Å². The molecule has 2 amide bonds. The molecule has 1 aliphatic rings. The summed E-state index contributed by atoms with van der Waals surface area (Å²) in [5, 5.41) is 2.58. The van der Waals surface area contributed by atoms with E-state index in [9.17, 15) is 24.0 Å². The topological polar surface area (TPSA) is 148 Å². The summed E-state index contributed by atoms with van der Waals surface area (Å²) in [7, 11) is 0. The van der Waals surface area contributed by atoms with Gasteiger partial charge in [-0.05, 0) is 57.6 Å². The Morgan fingerprint density at radius 1 is 1.18 bits per heavy atom. The third kappa shape index (κ3) is 6.66. The Morgan fingerprint density at radius 2 is 1.87 bits per heavy atom. The van der Waals surface area contributed by atoms with Gasteiger partial charge in [0, 0.05) is 16.8 Å². The highest BCUT2D eigenvalue weighted by Crippen LogP contribution is 2.31. The number of fused-ring (bicyclic) bond motifs is 1. The van der Waals surface area contributed by atoms with E-state index in [2.05, 4.69) is 15.3 Å². The number of hydrogen-bond donors (Lipinski definition) is 2. The molecular weight excluding hydrogens is 512 g/mol. The number of amides is 2. The van der Waals surface area contributed by atoms with Gasteiger partial charge in [0.2, 0.25) is 11.9 Å². The Morgan fingerprint density at radius 3 is 2.50 bits per heavy atom. The Hall–Kier alpha value is -3.54. The Balaban J connectivity index is 1.89. The van der Waals surface area contributed by atoms with Crippen LogP contribution in [-0.4, -0.2) is 53.5 Å². The molecule has 2 N–H and O–H groups in total. The lowest BCUT2D eigenvalue weighted by atomic mass is 9.90. The number of carbonyl (C=O) groups is 4. The molecule has 38 heavy (non-hydrogen) atoms. The van der Waals surface area contributed by atoms with Gasteiger partial charge < -0.3 is 9.47 Å². The maximum absolute atomic E-state index is 13.0. The number of ether oxygens (including phenoxy) is 2. The van der Waals surface area contributed by atoms with Crippen molar-refractivity contribution in [2.45, 2.75) is 60.8 Å². The van der Waals surface area contributed by atoms with E-state index in [-0.39, 0.29) is 48.3 Å². The van der Waals surface area contributed by atoms with Gasteiger partial charge in [-0.25, -0.2) is 9.59 Å². The number of thiophene rings is 1. The SMILES string of the molecule is CCOC(=O)C(=O)N1CC(CCc2sc(C(=O)OCC)cc2C)Cc2c1nc(NC(=O)C(C)(C)C)[nH]c2=O. The minimum absolute atomic E-state index is 0.0187. The van der Waals surface area contributed by atoms with Crippen LogP contribution in [-0.2, 0) is 36.7 Å². The summed E-state index contributed by atoms with van der Waals surface area (Å²) in [6.07, 6.45) is 1.53. The molecule has 1 aliphatic heterocycles. The number of H-pyrrole nitrogens is 1. The summed E-state index contributed by atoms with van der Waals surface area (Å²) in [6, 6.07) is 1.80. The smallest absolute Gasteiger partial charge is 0.397 e. The summed E-state index contributed by atoms with van der Waals surface area (Å²) in [5.41, 5.74) is -0.0229. The third-order valence-electron chi connectivity index (χ3n) is 6.07. The zero-order valence-electron chi connectivity index (χ0n) is 22.6. The highest BCUT2D eigenvalue weighted by Gasteiger charge is 2.36. The number of esters is 2. The van der Waals surface area contributed by atoms with E-state index in [1.807, 2.05) is 6.92 Å². The van der Waals surface area contributed by atoms with Crippen LogP contribution in [0, 0.1) is 18.3 Å². The molecule has 1 atom stereocenters. The van der Waals surface area contributed by atoms with Crippen LogP contribution in [0.4, 0.5) is 11.8 Å². The lowest BCUT2D eigenvalue weighted by Crippen LogP contribution is -2.46. The number of hydrogen-bond acceptors (Lipinski definition) is 9. The second-order valence-corrected chi connectivity index (χ2v) is 11.2. The number of nitrogens with zero attached hydrogens (tertiary/aromatic N) is 2. The van der Waals surface area contributed by atoms with E-state index in [1.54, 1.807) is 40.7 Å². The molecule has 2 aromatic heterocycles. The van der Waals surface area contributed by atoms with Gasteiger partial charge in [0.1, 0.15) is 10.7 Å². The molecule has 0 saturated heterocycles. The quantitative estimate of drug-likeness (QED) is 0.398. The van der Waals surface area contributed by atoms with E-state index >= 15 is 0 Å². The Kier molecular flexibility index (Phi) is 9.08. The first-order valence-electron chi connectivity index (χ1n) is 12.5. The summed E-state index contributed by atoms with van der Waals surface area (Å²) < 4.78 is 10.0. The van der Waals surface area contributed by atoms with Crippen molar-refractivity contribution in [3.8, 4) is 0 Å². The number of carbonyl (C=O) groups excluding carboxylic acids is 4. The van der Waals surface area contributed by atoms with Gasteiger partial charge in [0.15, 0.2) is 0 Å².